The minimum Gasteiger partial charge on any atom is -0.481 e. The van der Waals surface area contributed by atoms with Crippen LogP contribution in [0, 0.1) is 17.2 Å². The van der Waals surface area contributed by atoms with Crippen LogP contribution in [0.5, 0.6) is 0 Å². The van der Waals surface area contributed by atoms with Crippen LogP contribution >= 0.6 is 0 Å². The number of carbonyl (C=O) groups is 1. The fraction of sp³-hybridized carbons (Fsp3) is 0.500. The fourth-order valence-electron chi connectivity index (χ4n) is 2.44. The zero-order chi connectivity index (χ0) is 13.7. The highest BCUT2D eigenvalue weighted by Gasteiger charge is 2.20. The first-order valence-corrected chi connectivity index (χ1v) is 6.52. The van der Waals surface area contributed by atoms with Gasteiger partial charge in [-0.3, -0.25) is 4.79 Å². The number of aliphatic carboxylic acids is 1. The minimum absolute atomic E-state index is 0.257. The van der Waals surface area contributed by atoms with E-state index in [1.54, 1.807) is 18.3 Å². The Hall–Kier alpha value is -2.09. The van der Waals surface area contributed by atoms with Crippen molar-refractivity contribution in [2.45, 2.75) is 25.7 Å². The van der Waals surface area contributed by atoms with E-state index in [0.717, 1.165) is 38.2 Å². The molecule has 0 aromatic carbocycles. The molecule has 0 bridgehead atoms. The normalized spacial score (nSPS) is 16.1. The van der Waals surface area contributed by atoms with E-state index in [1.165, 1.54) is 0 Å². The van der Waals surface area contributed by atoms with E-state index in [-0.39, 0.29) is 6.42 Å². The number of aromatic nitrogens is 1. The van der Waals surface area contributed by atoms with Crippen molar-refractivity contribution in [3.05, 3.63) is 23.9 Å². The van der Waals surface area contributed by atoms with Crippen molar-refractivity contribution in [1.29, 1.82) is 5.26 Å². The topological polar surface area (TPSA) is 77.2 Å². The second kappa shape index (κ2) is 6.19. The molecule has 0 saturated carbocycles. The summed E-state index contributed by atoms with van der Waals surface area (Å²) in [5.41, 5.74) is 0.623. The number of carboxylic acids is 1. The van der Waals surface area contributed by atoms with Crippen LogP contribution < -0.4 is 4.90 Å². The first-order valence-electron chi connectivity index (χ1n) is 6.52. The lowest BCUT2D eigenvalue weighted by molar-refractivity contribution is -0.137. The molecule has 5 nitrogen and oxygen atoms in total. The van der Waals surface area contributed by atoms with E-state index < -0.39 is 5.97 Å². The van der Waals surface area contributed by atoms with Crippen molar-refractivity contribution in [2.24, 2.45) is 5.92 Å². The number of pyridine rings is 1. The van der Waals surface area contributed by atoms with Crippen LogP contribution in [0.3, 0.4) is 0 Å². The van der Waals surface area contributed by atoms with Gasteiger partial charge in [-0.25, -0.2) is 4.98 Å². The molecule has 0 amide bonds. The quantitative estimate of drug-likeness (QED) is 0.895. The molecule has 0 unspecified atom stereocenters. The number of hydrogen-bond donors (Lipinski definition) is 1. The van der Waals surface area contributed by atoms with Crippen molar-refractivity contribution in [3.63, 3.8) is 0 Å². The molecule has 1 N–H and O–H groups in total. The van der Waals surface area contributed by atoms with Gasteiger partial charge in [0.25, 0.3) is 0 Å². The summed E-state index contributed by atoms with van der Waals surface area (Å²) in [6, 6.07) is 5.62. The highest BCUT2D eigenvalue weighted by atomic mass is 16.4. The highest BCUT2D eigenvalue weighted by molar-refractivity contribution is 5.66. The molecule has 1 fully saturated rings. The lowest BCUT2D eigenvalue weighted by Crippen LogP contribution is -2.34. The highest BCUT2D eigenvalue weighted by Crippen LogP contribution is 2.25. The van der Waals surface area contributed by atoms with Crippen LogP contribution in [-0.2, 0) is 4.79 Å². The largest absolute Gasteiger partial charge is 0.481 e. The van der Waals surface area contributed by atoms with Crippen LogP contribution in [-0.4, -0.2) is 29.1 Å². The first-order chi connectivity index (χ1) is 9.19. The molecule has 100 valence electrons. The first kappa shape index (κ1) is 13.3. The molecule has 0 aliphatic carbocycles. The van der Waals surface area contributed by atoms with Crippen molar-refractivity contribution in [2.75, 3.05) is 18.0 Å². The van der Waals surface area contributed by atoms with Gasteiger partial charge in [0.2, 0.25) is 0 Å². The van der Waals surface area contributed by atoms with Crippen molar-refractivity contribution >= 4 is 11.8 Å². The molecule has 2 heterocycles. The number of piperidine rings is 1. The van der Waals surface area contributed by atoms with E-state index >= 15 is 0 Å². The molecule has 0 spiro atoms. The molecule has 0 radical (unpaired) electrons. The van der Waals surface area contributed by atoms with Gasteiger partial charge in [-0.2, -0.15) is 5.26 Å². The standard InChI is InChI=1S/C14H17N3O2/c15-10-12-3-6-16-13(9-12)17-7-4-11(5-8-17)1-2-14(18)19/h3,6,9,11H,1-2,4-5,7-8H2,(H,18,19). The summed E-state index contributed by atoms with van der Waals surface area (Å²) in [4.78, 5) is 17.0. The minimum atomic E-state index is -0.717. The van der Waals surface area contributed by atoms with Crippen LogP contribution in [0.4, 0.5) is 5.82 Å². The Bertz CT molecular complexity index is 488. The van der Waals surface area contributed by atoms with Gasteiger partial charge in [0.05, 0.1) is 11.6 Å². The third-order valence-electron chi connectivity index (χ3n) is 3.58. The van der Waals surface area contributed by atoms with Gasteiger partial charge in [-0.15, -0.1) is 0 Å². The molecule has 2 rings (SSSR count). The average Bonchev–Trinajstić information content (AvgIpc) is 2.45. The van der Waals surface area contributed by atoms with E-state index in [9.17, 15) is 4.79 Å². The van der Waals surface area contributed by atoms with Crippen LogP contribution in [0.25, 0.3) is 0 Å². The van der Waals surface area contributed by atoms with Crippen molar-refractivity contribution < 1.29 is 9.90 Å². The molecule has 0 atom stereocenters. The summed E-state index contributed by atoms with van der Waals surface area (Å²) in [5, 5.41) is 17.6. The number of nitrogens with zero attached hydrogens (tertiary/aromatic N) is 3. The lowest BCUT2D eigenvalue weighted by atomic mass is 9.92. The Morgan fingerprint density at radius 2 is 2.26 bits per heavy atom. The number of hydrogen-bond acceptors (Lipinski definition) is 4. The molecular formula is C14H17N3O2. The summed E-state index contributed by atoms with van der Waals surface area (Å²) >= 11 is 0. The zero-order valence-electron chi connectivity index (χ0n) is 10.7. The average molecular weight is 259 g/mol. The zero-order valence-corrected chi connectivity index (χ0v) is 10.7. The van der Waals surface area contributed by atoms with Gasteiger partial charge in [0.1, 0.15) is 5.82 Å². The number of carboxylic acid groups (broad SMARTS) is 1. The van der Waals surface area contributed by atoms with Crippen LogP contribution in [0.1, 0.15) is 31.2 Å². The second-order valence-corrected chi connectivity index (χ2v) is 4.88. The molecule has 19 heavy (non-hydrogen) atoms. The Labute approximate surface area is 112 Å². The molecule has 1 aliphatic heterocycles. The molecule has 1 aliphatic rings. The van der Waals surface area contributed by atoms with Crippen molar-refractivity contribution in [3.8, 4) is 6.07 Å². The maximum Gasteiger partial charge on any atom is 0.303 e. The summed E-state index contributed by atoms with van der Waals surface area (Å²) < 4.78 is 0. The van der Waals surface area contributed by atoms with E-state index in [1.807, 2.05) is 0 Å². The smallest absolute Gasteiger partial charge is 0.303 e. The third kappa shape index (κ3) is 3.68. The van der Waals surface area contributed by atoms with Gasteiger partial charge < -0.3 is 10.0 Å². The Balaban J connectivity index is 1.89. The SMILES string of the molecule is N#Cc1ccnc(N2CCC(CCC(=O)O)CC2)c1. The fourth-order valence-corrected chi connectivity index (χ4v) is 2.44. The maximum absolute atomic E-state index is 10.5. The van der Waals surface area contributed by atoms with Crippen LogP contribution in [0.15, 0.2) is 18.3 Å². The monoisotopic (exact) mass is 259 g/mol. The maximum atomic E-state index is 10.5. The molecular weight excluding hydrogens is 242 g/mol. The summed E-state index contributed by atoms with van der Waals surface area (Å²) in [5.74, 6) is 0.619. The molecule has 1 saturated heterocycles. The van der Waals surface area contributed by atoms with Crippen molar-refractivity contribution in [1.82, 2.24) is 4.98 Å². The summed E-state index contributed by atoms with van der Waals surface area (Å²) in [6.07, 6.45) is 4.66. The van der Waals surface area contributed by atoms with Gasteiger partial charge in [-0.1, -0.05) is 0 Å². The third-order valence-corrected chi connectivity index (χ3v) is 3.58. The van der Waals surface area contributed by atoms with Gasteiger partial charge >= 0.3 is 5.97 Å². The van der Waals surface area contributed by atoms with E-state index in [2.05, 4.69) is 16.0 Å². The lowest BCUT2D eigenvalue weighted by Gasteiger charge is -2.32. The van der Waals surface area contributed by atoms with E-state index in [0.29, 0.717) is 11.5 Å². The number of rotatable bonds is 4. The summed E-state index contributed by atoms with van der Waals surface area (Å²) in [6.45, 7) is 1.76. The Morgan fingerprint density at radius 3 is 2.89 bits per heavy atom. The molecule has 1 aromatic rings. The van der Waals surface area contributed by atoms with E-state index in [4.69, 9.17) is 10.4 Å². The number of nitriles is 1. The Morgan fingerprint density at radius 1 is 1.53 bits per heavy atom. The predicted molar refractivity (Wildman–Crippen MR) is 70.8 cm³/mol. The summed E-state index contributed by atoms with van der Waals surface area (Å²) in [7, 11) is 0. The predicted octanol–water partition coefficient (Wildman–Crippen LogP) is 2.03. The molecule has 1 aromatic heterocycles. The molecule has 5 heteroatoms. The number of anilines is 1. The van der Waals surface area contributed by atoms with Crippen LogP contribution in [0.2, 0.25) is 0 Å². The van der Waals surface area contributed by atoms with Gasteiger partial charge in [-0.05, 0) is 37.3 Å². The van der Waals surface area contributed by atoms with Gasteiger partial charge in [0.15, 0.2) is 0 Å². The second-order valence-electron chi connectivity index (χ2n) is 4.88. The van der Waals surface area contributed by atoms with Gasteiger partial charge in [0, 0.05) is 25.7 Å². The Kier molecular flexibility index (Phi) is 4.35.